The van der Waals surface area contributed by atoms with Crippen LogP contribution in [0.15, 0.2) is 23.8 Å². The predicted molar refractivity (Wildman–Crippen MR) is 118 cm³/mol. The van der Waals surface area contributed by atoms with Gasteiger partial charge in [0.15, 0.2) is 5.69 Å². The Kier molecular flexibility index (Phi) is 7.84. The molecule has 2 amide bonds. The third-order valence-corrected chi connectivity index (χ3v) is 4.90. The number of nitrogens with one attached hydrogen (secondary N) is 2. The van der Waals surface area contributed by atoms with Gasteiger partial charge in [0, 0.05) is 17.1 Å². The zero-order valence-corrected chi connectivity index (χ0v) is 19.2. The molecule has 0 aliphatic heterocycles. The molecule has 0 aliphatic carbocycles. The fraction of sp³-hybridized carbons (Fsp3) is 0.350. The first-order chi connectivity index (χ1) is 14.8. The molecule has 0 unspecified atom stereocenters. The Morgan fingerprint density at radius 2 is 1.81 bits per heavy atom. The zero-order chi connectivity index (χ0) is 24.4. The van der Waals surface area contributed by atoms with E-state index in [1.54, 1.807) is 27.7 Å². The van der Waals surface area contributed by atoms with Crippen LogP contribution in [0.4, 0.5) is 18.9 Å². The first kappa shape index (κ1) is 25.5. The topological polar surface area (TPSA) is 102 Å². The Morgan fingerprint density at radius 3 is 2.34 bits per heavy atom. The summed E-state index contributed by atoms with van der Waals surface area (Å²) in [6, 6.07) is 2.91. The molecule has 0 radical (unpaired) electrons. The molecular formula is C20H22Cl2F3N5O2. The average molecular weight is 492 g/mol. The number of benzene rings is 1. The highest BCUT2D eigenvalue weighted by Gasteiger charge is 2.36. The van der Waals surface area contributed by atoms with E-state index in [1.165, 1.54) is 12.1 Å². The number of nitrogens with two attached hydrogens (primary N) is 1. The largest absolute Gasteiger partial charge is 0.435 e. The number of anilines is 1. The Balaban J connectivity index is 2.59. The quantitative estimate of drug-likeness (QED) is 0.519. The summed E-state index contributed by atoms with van der Waals surface area (Å²) in [7, 11) is 0. The molecule has 0 saturated heterocycles. The minimum Gasteiger partial charge on any atom is -0.384 e. The van der Waals surface area contributed by atoms with Crippen LogP contribution < -0.4 is 16.4 Å². The van der Waals surface area contributed by atoms with Crippen molar-refractivity contribution >= 4 is 46.5 Å². The number of carbonyl (C=O) groups is 2. The van der Waals surface area contributed by atoms with Crippen molar-refractivity contribution in [3.8, 4) is 0 Å². The van der Waals surface area contributed by atoms with Gasteiger partial charge in [-0.05, 0) is 44.9 Å². The second-order valence-corrected chi connectivity index (χ2v) is 8.08. The van der Waals surface area contributed by atoms with Crippen molar-refractivity contribution in [3.63, 3.8) is 0 Å². The van der Waals surface area contributed by atoms with Crippen LogP contribution in [0, 0.1) is 0 Å². The fourth-order valence-corrected chi connectivity index (χ4v) is 3.16. The van der Waals surface area contributed by atoms with Crippen molar-refractivity contribution in [2.45, 2.75) is 46.3 Å². The molecule has 174 valence electrons. The lowest BCUT2D eigenvalue weighted by atomic mass is 10.1. The van der Waals surface area contributed by atoms with Crippen molar-refractivity contribution < 1.29 is 22.8 Å². The maximum absolute atomic E-state index is 13.3. The van der Waals surface area contributed by atoms with E-state index in [4.69, 9.17) is 28.9 Å². The van der Waals surface area contributed by atoms with Gasteiger partial charge in [0.05, 0.1) is 16.3 Å². The highest BCUT2D eigenvalue weighted by atomic mass is 35.5. The average Bonchev–Trinajstić information content (AvgIpc) is 3.13. The van der Waals surface area contributed by atoms with Gasteiger partial charge in [0.25, 0.3) is 11.8 Å². The smallest absolute Gasteiger partial charge is 0.384 e. The van der Waals surface area contributed by atoms with E-state index >= 15 is 0 Å². The number of nitrogens with zero attached hydrogens (tertiary/aromatic N) is 2. The van der Waals surface area contributed by atoms with Crippen molar-refractivity contribution in [2.75, 3.05) is 5.32 Å². The van der Waals surface area contributed by atoms with Gasteiger partial charge in [0.2, 0.25) is 0 Å². The van der Waals surface area contributed by atoms with Gasteiger partial charge in [-0.2, -0.15) is 18.3 Å². The molecule has 32 heavy (non-hydrogen) atoms. The van der Waals surface area contributed by atoms with Gasteiger partial charge in [-0.25, -0.2) is 4.68 Å². The van der Waals surface area contributed by atoms with Crippen LogP contribution in [-0.2, 0) is 6.18 Å². The highest BCUT2D eigenvalue weighted by molar-refractivity contribution is 6.38. The van der Waals surface area contributed by atoms with E-state index in [9.17, 15) is 22.8 Å². The number of hydrogen-bond donors (Lipinski definition) is 3. The molecule has 2 rings (SSSR count). The van der Waals surface area contributed by atoms with Gasteiger partial charge in [-0.1, -0.05) is 30.1 Å². The van der Waals surface area contributed by atoms with Gasteiger partial charge < -0.3 is 16.4 Å². The number of carbonyl (C=O) groups excluding carboxylic acids is 2. The van der Waals surface area contributed by atoms with E-state index in [-0.39, 0.29) is 33.2 Å². The zero-order valence-electron chi connectivity index (χ0n) is 17.7. The van der Waals surface area contributed by atoms with Gasteiger partial charge in [0.1, 0.15) is 11.5 Å². The van der Waals surface area contributed by atoms with Crippen LogP contribution in [0.5, 0.6) is 0 Å². The summed E-state index contributed by atoms with van der Waals surface area (Å²) >= 11 is 12.2. The summed E-state index contributed by atoms with van der Waals surface area (Å²) in [6.45, 7) is 6.81. The number of hydrogen-bond acceptors (Lipinski definition) is 4. The highest BCUT2D eigenvalue weighted by Crippen LogP contribution is 2.33. The van der Waals surface area contributed by atoms with Gasteiger partial charge in [-0.3, -0.25) is 9.59 Å². The third-order valence-electron chi connectivity index (χ3n) is 4.39. The summed E-state index contributed by atoms with van der Waals surface area (Å²) < 4.78 is 40.5. The maximum atomic E-state index is 13.3. The lowest BCUT2D eigenvalue weighted by Gasteiger charge is -2.16. The van der Waals surface area contributed by atoms with Crippen molar-refractivity contribution in [2.24, 2.45) is 5.73 Å². The molecule has 0 bridgehead atoms. The standard InChI is InChI=1S/C20H22Cl2F3N5O2/c1-5-10(4)17(26)30-14(8-15(29-30)20(23,24)25)19(32)28-16-12(18(31)27-9(2)3)6-11(21)7-13(16)22/h6-9H,5,26H2,1-4H3,(H,27,31)(H,28,32)/b17-10+. The minimum absolute atomic E-state index is 0.0556. The lowest BCUT2D eigenvalue weighted by Crippen LogP contribution is -2.31. The van der Waals surface area contributed by atoms with Crippen LogP contribution in [-0.4, -0.2) is 27.6 Å². The summed E-state index contributed by atoms with van der Waals surface area (Å²) in [5.41, 5.74) is 4.52. The molecule has 0 spiro atoms. The van der Waals surface area contributed by atoms with Crippen molar-refractivity contribution in [1.29, 1.82) is 0 Å². The van der Waals surface area contributed by atoms with Crippen LogP contribution in [0.2, 0.25) is 10.0 Å². The Morgan fingerprint density at radius 1 is 1.19 bits per heavy atom. The number of allylic oxidation sites excluding steroid dienone is 1. The molecule has 1 aromatic carbocycles. The van der Waals surface area contributed by atoms with Crippen LogP contribution in [0.3, 0.4) is 0 Å². The molecule has 12 heteroatoms. The molecule has 0 aliphatic rings. The molecule has 2 aromatic rings. The summed E-state index contributed by atoms with van der Waals surface area (Å²) in [6.07, 6.45) is -4.38. The summed E-state index contributed by atoms with van der Waals surface area (Å²) in [5, 5.41) is 8.56. The maximum Gasteiger partial charge on any atom is 0.435 e. The first-order valence-electron chi connectivity index (χ1n) is 9.50. The molecule has 0 saturated carbocycles. The number of aromatic nitrogens is 2. The van der Waals surface area contributed by atoms with Crippen LogP contribution >= 0.6 is 23.2 Å². The minimum atomic E-state index is -4.80. The Labute approximate surface area is 192 Å². The van der Waals surface area contributed by atoms with Gasteiger partial charge in [-0.15, -0.1) is 0 Å². The van der Waals surface area contributed by atoms with E-state index in [0.29, 0.717) is 22.7 Å². The Bertz CT molecular complexity index is 1080. The number of amides is 2. The van der Waals surface area contributed by atoms with Crippen LogP contribution in [0.25, 0.3) is 5.82 Å². The summed E-state index contributed by atoms with van der Waals surface area (Å²) in [4.78, 5) is 25.5. The molecule has 4 N–H and O–H groups in total. The second kappa shape index (κ2) is 9.83. The van der Waals surface area contributed by atoms with Crippen LogP contribution in [0.1, 0.15) is 60.7 Å². The number of alkyl halides is 3. The summed E-state index contributed by atoms with van der Waals surface area (Å²) in [5.74, 6) is -1.69. The van der Waals surface area contributed by atoms with Crippen molar-refractivity contribution in [1.82, 2.24) is 15.1 Å². The molecule has 1 heterocycles. The molecule has 0 fully saturated rings. The van der Waals surface area contributed by atoms with E-state index in [1.807, 2.05) is 0 Å². The van der Waals surface area contributed by atoms with E-state index < -0.39 is 29.4 Å². The first-order valence-corrected chi connectivity index (χ1v) is 10.3. The normalized spacial score (nSPS) is 12.6. The molecular weight excluding hydrogens is 470 g/mol. The molecule has 7 nitrogen and oxygen atoms in total. The molecule has 0 atom stereocenters. The SMILES string of the molecule is CC/C(C)=C(\N)n1nc(C(F)(F)F)cc1C(=O)Nc1c(Cl)cc(Cl)cc1C(=O)NC(C)C. The monoisotopic (exact) mass is 491 g/mol. The fourth-order valence-electron chi connectivity index (χ4n) is 2.62. The number of halogens is 5. The van der Waals surface area contributed by atoms with Gasteiger partial charge >= 0.3 is 6.18 Å². The number of rotatable bonds is 6. The lowest BCUT2D eigenvalue weighted by molar-refractivity contribution is -0.141. The third kappa shape index (κ3) is 5.74. The Hall–Kier alpha value is -2.72. The van der Waals surface area contributed by atoms with E-state index in [2.05, 4.69) is 15.7 Å². The predicted octanol–water partition coefficient (Wildman–Crippen LogP) is 5.16. The second-order valence-electron chi connectivity index (χ2n) is 7.24. The molecule has 1 aromatic heterocycles. The van der Waals surface area contributed by atoms with E-state index in [0.717, 1.165) is 0 Å². The van der Waals surface area contributed by atoms with Crippen molar-refractivity contribution in [3.05, 3.63) is 50.8 Å².